The lowest BCUT2D eigenvalue weighted by Crippen LogP contribution is -2.41. The van der Waals surface area contributed by atoms with E-state index in [1.54, 1.807) is 6.07 Å². The molecule has 1 aliphatic heterocycles. The number of nitrogens with zero attached hydrogens (tertiary/aromatic N) is 2. The number of para-hydroxylation sites is 2. The van der Waals surface area contributed by atoms with Crippen LogP contribution in [0.2, 0.25) is 0 Å². The Morgan fingerprint density at radius 1 is 0.882 bits per heavy atom. The van der Waals surface area contributed by atoms with Crippen molar-refractivity contribution in [1.82, 2.24) is 14.5 Å². The second kappa shape index (κ2) is 8.11. The first-order chi connectivity index (χ1) is 16.6. The Bertz CT molecular complexity index is 1490. The number of fused-ring (bicyclic) bond motifs is 4. The van der Waals surface area contributed by atoms with E-state index < -0.39 is 0 Å². The number of ketones is 1. The van der Waals surface area contributed by atoms with Gasteiger partial charge in [0.2, 0.25) is 5.91 Å². The van der Waals surface area contributed by atoms with E-state index in [9.17, 15) is 14.4 Å². The summed E-state index contributed by atoms with van der Waals surface area (Å²) in [7, 11) is 0. The summed E-state index contributed by atoms with van der Waals surface area (Å²) in [4.78, 5) is 43.0. The van der Waals surface area contributed by atoms with Gasteiger partial charge in [-0.1, -0.05) is 42.5 Å². The van der Waals surface area contributed by atoms with Gasteiger partial charge in [-0.2, -0.15) is 0 Å². The van der Waals surface area contributed by atoms with Crippen molar-refractivity contribution in [2.24, 2.45) is 0 Å². The summed E-state index contributed by atoms with van der Waals surface area (Å²) < 4.78 is 1.85. The molecule has 4 aromatic rings. The van der Waals surface area contributed by atoms with Crippen LogP contribution in [-0.2, 0) is 4.79 Å². The second-order valence-electron chi connectivity index (χ2n) is 9.01. The van der Waals surface area contributed by atoms with Gasteiger partial charge in [0.15, 0.2) is 5.78 Å². The Balaban J connectivity index is 1.09. The summed E-state index contributed by atoms with van der Waals surface area (Å²) in [6, 6.07) is 21.0. The number of hydrogen-bond acceptors (Lipinski definition) is 4. The number of piperidine rings is 1. The van der Waals surface area contributed by atoms with Gasteiger partial charge in [-0.25, -0.2) is 4.79 Å². The van der Waals surface area contributed by atoms with Crippen molar-refractivity contribution in [3.8, 4) is 11.1 Å². The van der Waals surface area contributed by atoms with Crippen LogP contribution in [0.25, 0.3) is 22.2 Å². The third-order valence-corrected chi connectivity index (χ3v) is 6.92. The molecule has 3 aromatic carbocycles. The fraction of sp³-hybridized carbons (Fsp3) is 0.222. The maximum Gasteiger partial charge on any atom is 0.326 e. The van der Waals surface area contributed by atoms with Gasteiger partial charge in [0, 0.05) is 35.9 Å². The minimum Gasteiger partial charge on any atom is -0.325 e. The largest absolute Gasteiger partial charge is 0.326 e. The Morgan fingerprint density at radius 2 is 1.59 bits per heavy atom. The molecule has 1 aliphatic carbocycles. The molecule has 0 spiro atoms. The summed E-state index contributed by atoms with van der Waals surface area (Å²) in [6.45, 7) is 1.75. The van der Waals surface area contributed by atoms with Crippen molar-refractivity contribution >= 4 is 28.4 Å². The van der Waals surface area contributed by atoms with Gasteiger partial charge in [-0.3, -0.25) is 19.1 Å². The number of aromatic nitrogens is 2. The molecule has 0 radical (unpaired) electrons. The molecule has 2 N–H and O–H groups in total. The van der Waals surface area contributed by atoms with Gasteiger partial charge in [0.05, 0.1) is 17.6 Å². The van der Waals surface area contributed by atoms with E-state index in [1.807, 2.05) is 65.2 Å². The van der Waals surface area contributed by atoms with Crippen LogP contribution in [0.3, 0.4) is 0 Å². The molecule has 1 fully saturated rings. The Morgan fingerprint density at radius 3 is 2.41 bits per heavy atom. The first-order valence-corrected chi connectivity index (χ1v) is 11.6. The molecule has 2 aliphatic rings. The van der Waals surface area contributed by atoms with Crippen molar-refractivity contribution in [3.05, 3.63) is 88.3 Å². The van der Waals surface area contributed by atoms with Crippen LogP contribution >= 0.6 is 0 Å². The van der Waals surface area contributed by atoms with Gasteiger partial charge < -0.3 is 10.3 Å². The molecule has 0 unspecified atom stereocenters. The monoisotopic (exact) mass is 452 g/mol. The maximum absolute atomic E-state index is 12.7. The van der Waals surface area contributed by atoms with Crippen LogP contribution in [0.15, 0.2) is 71.5 Å². The highest BCUT2D eigenvalue weighted by Crippen LogP contribution is 2.37. The molecular formula is C27H24N4O3. The Kier molecular flexibility index (Phi) is 4.92. The van der Waals surface area contributed by atoms with Gasteiger partial charge in [-0.15, -0.1) is 0 Å². The summed E-state index contributed by atoms with van der Waals surface area (Å²) in [5, 5.41) is 2.95. The van der Waals surface area contributed by atoms with Crippen LogP contribution < -0.4 is 11.0 Å². The number of hydrogen-bond donors (Lipinski definition) is 2. The lowest BCUT2D eigenvalue weighted by molar-refractivity contribution is -0.117. The van der Waals surface area contributed by atoms with Crippen molar-refractivity contribution in [3.63, 3.8) is 0 Å². The summed E-state index contributed by atoms with van der Waals surface area (Å²) in [6.07, 6.45) is 1.61. The lowest BCUT2D eigenvalue weighted by atomic mass is 10.0. The first kappa shape index (κ1) is 20.6. The second-order valence-corrected chi connectivity index (χ2v) is 9.01. The zero-order valence-corrected chi connectivity index (χ0v) is 18.6. The third kappa shape index (κ3) is 3.45. The summed E-state index contributed by atoms with van der Waals surface area (Å²) in [5.41, 5.74) is 5.52. The first-order valence-electron chi connectivity index (χ1n) is 11.6. The smallest absolute Gasteiger partial charge is 0.325 e. The zero-order valence-electron chi connectivity index (χ0n) is 18.6. The lowest BCUT2D eigenvalue weighted by Gasteiger charge is -2.32. The van der Waals surface area contributed by atoms with Crippen molar-refractivity contribution in [2.75, 3.05) is 25.0 Å². The van der Waals surface area contributed by atoms with Gasteiger partial charge in [0.1, 0.15) is 0 Å². The molecule has 0 atom stereocenters. The molecule has 1 aromatic heterocycles. The van der Waals surface area contributed by atoms with Crippen molar-refractivity contribution < 1.29 is 9.59 Å². The van der Waals surface area contributed by atoms with Gasteiger partial charge in [-0.05, 0) is 48.2 Å². The Labute approximate surface area is 196 Å². The SMILES string of the molecule is O=C(CN1CCC(n2c(=O)[nH]c3ccccc32)CC1)Nc1ccc2c(c1)C(=O)c1ccccc1-2. The molecule has 6 rings (SSSR count). The molecule has 0 saturated carbocycles. The van der Waals surface area contributed by atoms with Crippen LogP contribution in [0.5, 0.6) is 0 Å². The minimum absolute atomic E-state index is 0.00343. The van der Waals surface area contributed by atoms with Gasteiger partial charge >= 0.3 is 5.69 Å². The molecule has 7 nitrogen and oxygen atoms in total. The predicted molar refractivity (Wildman–Crippen MR) is 131 cm³/mol. The number of carbonyl (C=O) groups is 2. The minimum atomic E-state index is -0.106. The quantitative estimate of drug-likeness (QED) is 0.434. The number of likely N-dealkylation sites (tertiary alicyclic amines) is 1. The normalized spacial score (nSPS) is 15.9. The fourth-order valence-corrected chi connectivity index (χ4v) is 5.28. The Hall–Kier alpha value is -3.97. The van der Waals surface area contributed by atoms with E-state index in [0.29, 0.717) is 16.8 Å². The molecular weight excluding hydrogens is 428 g/mol. The van der Waals surface area contributed by atoms with Crippen LogP contribution in [-0.4, -0.2) is 45.8 Å². The maximum atomic E-state index is 12.7. The summed E-state index contributed by atoms with van der Waals surface area (Å²) in [5.74, 6) is -0.109. The highest BCUT2D eigenvalue weighted by atomic mass is 16.2. The standard InChI is InChI=1S/C27H24N4O3/c32-25(28-17-9-10-20-19-5-1-2-6-21(19)26(33)22(20)15-17)16-30-13-11-18(12-14-30)31-24-8-4-3-7-23(24)29-27(31)34/h1-10,15,18H,11-14,16H2,(H,28,32)(H,29,34). The topological polar surface area (TPSA) is 87.2 Å². The average Bonchev–Trinajstić information content (AvgIpc) is 3.33. The molecule has 170 valence electrons. The number of benzene rings is 3. The highest BCUT2D eigenvalue weighted by Gasteiger charge is 2.27. The number of aromatic amines is 1. The molecule has 0 bridgehead atoms. The van der Waals surface area contributed by atoms with E-state index in [1.165, 1.54) is 0 Å². The predicted octanol–water partition coefficient (Wildman–Crippen LogP) is 3.82. The highest BCUT2D eigenvalue weighted by molar-refractivity contribution is 6.22. The molecule has 7 heteroatoms. The van der Waals surface area contributed by atoms with Crippen molar-refractivity contribution in [2.45, 2.75) is 18.9 Å². The van der Waals surface area contributed by atoms with E-state index >= 15 is 0 Å². The molecule has 34 heavy (non-hydrogen) atoms. The van der Waals surface area contributed by atoms with E-state index in [0.717, 1.165) is 48.1 Å². The summed E-state index contributed by atoms with van der Waals surface area (Å²) >= 11 is 0. The van der Waals surface area contributed by atoms with Crippen LogP contribution in [0.4, 0.5) is 5.69 Å². The zero-order chi connectivity index (χ0) is 23.2. The molecule has 1 amide bonds. The van der Waals surface area contributed by atoms with E-state index in [4.69, 9.17) is 0 Å². The van der Waals surface area contributed by atoms with Crippen molar-refractivity contribution in [1.29, 1.82) is 0 Å². The van der Waals surface area contributed by atoms with Crippen LogP contribution in [0, 0.1) is 0 Å². The number of rotatable bonds is 4. The van der Waals surface area contributed by atoms with E-state index in [2.05, 4.69) is 15.2 Å². The molecule has 2 heterocycles. The van der Waals surface area contributed by atoms with Crippen LogP contribution in [0.1, 0.15) is 34.8 Å². The number of anilines is 1. The third-order valence-electron chi connectivity index (χ3n) is 6.92. The number of imidazole rings is 1. The molecule has 1 saturated heterocycles. The number of amides is 1. The van der Waals surface area contributed by atoms with Gasteiger partial charge in [0.25, 0.3) is 0 Å². The average molecular weight is 453 g/mol. The number of nitrogens with one attached hydrogen (secondary N) is 2. The van der Waals surface area contributed by atoms with E-state index in [-0.39, 0.29) is 30.0 Å². The number of carbonyl (C=O) groups excluding carboxylic acids is 2. The number of H-pyrrole nitrogens is 1. The fourth-order valence-electron chi connectivity index (χ4n) is 5.28.